The van der Waals surface area contributed by atoms with Crippen LogP contribution < -0.4 is 4.90 Å². The van der Waals surface area contributed by atoms with Crippen LogP contribution >= 0.6 is 23.6 Å². The van der Waals surface area contributed by atoms with Gasteiger partial charge < -0.3 is 4.90 Å². The summed E-state index contributed by atoms with van der Waals surface area (Å²) < 4.78 is 0.739. The molecule has 1 aromatic rings. The van der Waals surface area contributed by atoms with Crippen molar-refractivity contribution in [1.29, 1.82) is 0 Å². The fraction of sp³-hybridized carbons (Fsp3) is 0.889. The third kappa shape index (κ3) is 8.15. The molecule has 0 saturated heterocycles. The molecular formula is C18H37N5S2. The molecule has 0 amide bonds. The van der Waals surface area contributed by atoms with E-state index >= 15 is 0 Å². The molecule has 0 fully saturated rings. The highest BCUT2D eigenvalue weighted by molar-refractivity contribution is 7.73. The molecule has 7 heteroatoms. The molecule has 0 aliphatic carbocycles. The number of hydrogen-bond acceptors (Lipinski definition) is 6. The first-order valence-electron chi connectivity index (χ1n) is 9.60. The number of anilines is 1. The fourth-order valence-electron chi connectivity index (χ4n) is 2.97. The Balaban J connectivity index is 2.89. The molecule has 0 spiro atoms. The van der Waals surface area contributed by atoms with Crippen molar-refractivity contribution in [1.82, 2.24) is 20.0 Å². The summed E-state index contributed by atoms with van der Waals surface area (Å²) in [5.74, 6) is 0.771. The largest absolute Gasteiger partial charge is 0.321 e. The molecule has 1 N–H and O–H groups in total. The summed E-state index contributed by atoms with van der Waals surface area (Å²) in [6.07, 6.45) is 6.35. The first-order chi connectivity index (χ1) is 11.9. The second kappa shape index (κ2) is 12.0. The van der Waals surface area contributed by atoms with Gasteiger partial charge >= 0.3 is 0 Å². The van der Waals surface area contributed by atoms with Crippen LogP contribution in [0.1, 0.15) is 59.8 Å². The Morgan fingerprint density at radius 2 is 1.88 bits per heavy atom. The Bertz CT molecular complexity index is 514. The summed E-state index contributed by atoms with van der Waals surface area (Å²) in [6, 6.07) is 0.562. The molecule has 25 heavy (non-hydrogen) atoms. The molecular weight excluding hydrogens is 350 g/mol. The van der Waals surface area contributed by atoms with Crippen molar-refractivity contribution in [3.8, 4) is 0 Å². The Hall–Kier alpha value is -0.500. The van der Waals surface area contributed by atoms with Gasteiger partial charge in [-0.15, -0.1) is 5.10 Å². The Labute approximate surface area is 163 Å². The zero-order valence-corrected chi connectivity index (χ0v) is 18.5. The predicted octanol–water partition coefficient (Wildman–Crippen LogP) is 4.80. The van der Waals surface area contributed by atoms with Crippen LogP contribution in [0.5, 0.6) is 0 Å². The number of aromatic amines is 1. The van der Waals surface area contributed by atoms with E-state index in [1.807, 2.05) is 0 Å². The quantitative estimate of drug-likeness (QED) is 0.389. The summed E-state index contributed by atoms with van der Waals surface area (Å²) in [7, 11) is 4.20. The second-order valence-corrected chi connectivity index (χ2v) is 8.89. The summed E-state index contributed by atoms with van der Waals surface area (Å²) >= 11 is 6.80. The van der Waals surface area contributed by atoms with E-state index in [2.05, 4.69) is 66.7 Å². The lowest BCUT2D eigenvalue weighted by Crippen LogP contribution is -2.47. The first kappa shape index (κ1) is 22.5. The summed E-state index contributed by atoms with van der Waals surface area (Å²) in [6.45, 7) is 12.1. The van der Waals surface area contributed by atoms with E-state index in [0.717, 1.165) is 41.3 Å². The maximum absolute atomic E-state index is 5.24. The standard InChI is InChI=1S/C18H37N5S2/c1-7-10-11-16(9-3)12-22(15(4)8-2)14-23(13-21(5)6)17-19-20-18(24)25-17/h15-16H,7-14H2,1-6H3,(H,20,24). The Morgan fingerprint density at radius 1 is 1.16 bits per heavy atom. The number of hydrogen-bond donors (Lipinski definition) is 1. The van der Waals surface area contributed by atoms with Crippen LogP contribution in [0.3, 0.4) is 0 Å². The van der Waals surface area contributed by atoms with Crippen LogP contribution in [-0.2, 0) is 0 Å². The minimum atomic E-state index is 0.562. The predicted molar refractivity (Wildman–Crippen MR) is 113 cm³/mol. The maximum Gasteiger partial charge on any atom is 0.208 e. The molecule has 0 aliphatic heterocycles. The number of H-pyrrole nitrogens is 1. The average molecular weight is 388 g/mol. The molecule has 5 nitrogen and oxygen atoms in total. The summed E-state index contributed by atoms with van der Waals surface area (Å²) in [5.41, 5.74) is 0. The van der Waals surface area contributed by atoms with Crippen LogP contribution in [0, 0.1) is 9.87 Å². The third-order valence-corrected chi connectivity index (χ3v) is 5.90. The molecule has 0 saturated carbocycles. The number of nitrogens with one attached hydrogen (secondary N) is 1. The highest BCUT2D eigenvalue weighted by Crippen LogP contribution is 2.21. The van der Waals surface area contributed by atoms with Crippen molar-refractivity contribution in [2.24, 2.45) is 5.92 Å². The van der Waals surface area contributed by atoms with Crippen molar-refractivity contribution in [3.63, 3.8) is 0 Å². The molecule has 0 aromatic carbocycles. The fourth-order valence-corrected chi connectivity index (χ4v) is 3.83. The molecule has 0 aliphatic rings. The van der Waals surface area contributed by atoms with Crippen LogP contribution in [0.15, 0.2) is 0 Å². The monoisotopic (exact) mass is 387 g/mol. The zero-order valence-electron chi connectivity index (χ0n) is 16.9. The summed E-state index contributed by atoms with van der Waals surface area (Å²) in [5, 5.41) is 8.32. The van der Waals surface area contributed by atoms with Crippen molar-refractivity contribution in [3.05, 3.63) is 3.95 Å². The first-order valence-corrected chi connectivity index (χ1v) is 10.8. The lowest BCUT2D eigenvalue weighted by molar-refractivity contribution is 0.159. The van der Waals surface area contributed by atoms with Gasteiger partial charge in [0.15, 0.2) is 3.95 Å². The Morgan fingerprint density at radius 3 is 2.36 bits per heavy atom. The van der Waals surface area contributed by atoms with Gasteiger partial charge in [0, 0.05) is 12.6 Å². The van der Waals surface area contributed by atoms with E-state index in [4.69, 9.17) is 12.2 Å². The molecule has 2 unspecified atom stereocenters. The number of aromatic nitrogens is 2. The van der Waals surface area contributed by atoms with Crippen LogP contribution in [-0.4, -0.2) is 60.0 Å². The van der Waals surface area contributed by atoms with Gasteiger partial charge in [-0.25, -0.2) is 0 Å². The molecule has 1 heterocycles. The van der Waals surface area contributed by atoms with Gasteiger partial charge in [0.1, 0.15) is 0 Å². The van der Waals surface area contributed by atoms with Gasteiger partial charge in [0.25, 0.3) is 0 Å². The smallest absolute Gasteiger partial charge is 0.208 e. The van der Waals surface area contributed by atoms with Crippen molar-refractivity contribution in [2.75, 3.05) is 38.9 Å². The van der Waals surface area contributed by atoms with E-state index in [9.17, 15) is 0 Å². The van der Waals surface area contributed by atoms with Crippen LogP contribution in [0.25, 0.3) is 0 Å². The van der Waals surface area contributed by atoms with Crippen molar-refractivity contribution >= 4 is 28.7 Å². The number of unbranched alkanes of at least 4 members (excludes halogenated alkanes) is 1. The molecule has 0 bridgehead atoms. The second-order valence-electron chi connectivity index (χ2n) is 7.24. The molecule has 0 radical (unpaired) electrons. The van der Waals surface area contributed by atoms with Gasteiger partial charge in [-0.3, -0.25) is 14.9 Å². The summed E-state index contributed by atoms with van der Waals surface area (Å²) in [4.78, 5) is 7.14. The van der Waals surface area contributed by atoms with E-state index in [1.54, 1.807) is 11.3 Å². The Kier molecular flexibility index (Phi) is 10.8. The third-order valence-electron chi connectivity index (χ3n) is 4.75. The van der Waals surface area contributed by atoms with Crippen molar-refractivity contribution < 1.29 is 0 Å². The average Bonchev–Trinajstić information content (AvgIpc) is 3.01. The van der Waals surface area contributed by atoms with Gasteiger partial charge in [0.2, 0.25) is 5.13 Å². The van der Waals surface area contributed by atoms with E-state index in [1.165, 1.54) is 25.7 Å². The maximum atomic E-state index is 5.24. The van der Waals surface area contributed by atoms with E-state index < -0.39 is 0 Å². The SMILES string of the molecule is CCCCC(CC)CN(CN(CN(C)C)c1n[nH]c(=S)s1)C(C)CC. The molecule has 2 atom stereocenters. The van der Waals surface area contributed by atoms with Gasteiger partial charge in [-0.05, 0) is 52.0 Å². The highest BCUT2D eigenvalue weighted by Gasteiger charge is 2.21. The minimum Gasteiger partial charge on any atom is -0.321 e. The van der Waals surface area contributed by atoms with Crippen LogP contribution in [0.2, 0.25) is 0 Å². The zero-order chi connectivity index (χ0) is 18.8. The minimum absolute atomic E-state index is 0.562. The van der Waals surface area contributed by atoms with E-state index in [-0.39, 0.29) is 0 Å². The normalized spacial score (nSPS) is 14.2. The van der Waals surface area contributed by atoms with Gasteiger partial charge in [0.05, 0.1) is 13.3 Å². The number of nitrogens with zero attached hydrogens (tertiary/aromatic N) is 4. The lowest BCUT2D eigenvalue weighted by atomic mass is 9.98. The number of rotatable bonds is 13. The van der Waals surface area contributed by atoms with Gasteiger partial charge in [-0.2, -0.15) is 0 Å². The molecule has 146 valence electrons. The van der Waals surface area contributed by atoms with Crippen LogP contribution in [0.4, 0.5) is 5.13 Å². The van der Waals surface area contributed by atoms with E-state index in [0.29, 0.717) is 6.04 Å². The highest BCUT2D eigenvalue weighted by atomic mass is 32.1. The lowest BCUT2D eigenvalue weighted by Gasteiger charge is -2.37. The van der Waals surface area contributed by atoms with Crippen molar-refractivity contribution in [2.45, 2.75) is 65.8 Å². The topological polar surface area (TPSA) is 38.4 Å². The molecule has 1 rings (SSSR count). The van der Waals surface area contributed by atoms with Gasteiger partial charge in [-0.1, -0.05) is 51.4 Å². The molecule has 1 aromatic heterocycles.